The van der Waals surface area contributed by atoms with Gasteiger partial charge >= 0.3 is 0 Å². The molecule has 0 aromatic carbocycles. The molecule has 0 radical (unpaired) electrons. The Balaban J connectivity index is 2.36. The Kier molecular flexibility index (Phi) is 3.92. The Morgan fingerprint density at radius 3 is 3.00 bits per heavy atom. The zero-order valence-corrected chi connectivity index (χ0v) is 8.23. The standard InChI is InChI=1S/C9H17N3O/c1-8(2)13-6-5-12-9(7-10)3-4-11-12/h3-4,8H,5-7,10H2,1-2H3. The van der Waals surface area contributed by atoms with Gasteiger partial charge in [-0.3, -0.25) is 4.68 Å². The van der Waals surface area contributed by atoms with Crippen molar-refractivity contribution in [2.45, 2.75) is 33.0 Å². The van der Waals surface area contributed by atoms with Crippen molar-refractivity contribution in [3.8, 4) is 0 Å². The first-order valence-electron chi connectivity index (χ1n) is 4.56. The lowest BCUT2D eigenvalue weighted by atomic mass is 10.4. The van der Waals surface area contributed by atoms with Crippen LogP contribution in [0.3, 0.4) is 0 Å². The van der Waals surface area contributed by atoms with Crippen molar-refractivity contribution in [3.63, 3.8) is 0 Å². The van der Waals surface area contributed by atoms with Crippen LogP contribution in [-0.2, 0) is 17.8 Å². The third-order valence-electron chi connectivity index (χ3n) is 1.77. The lowest BCUT2D eigenvalue weighted by Gasteiger charge is -2.09. The third kappa shape index (κ3) is 3.16. The highest BCUT2D eigenvalue weighted by atomic mass is 16.5. The van der Waals surface area contributed by atoms with Gasteiger partial charge in [0.05, 0.1) is 24.9 Å². The van der Waals surface area contributed by atoms with E-state index in [2.05, 4.69) is 5.10 Å². The van der Waals surface area contributed by atoms with E-state index in [9.17, 15) is 0 Å². The molecule has 0 unspecified atom stereocenters. The summed E-state index contributed by atoms with van der Waals surface area (Å²) in [6.07, 6.45) is 2.04. The molecular weight excluding hydrogens is 166 g/mol. The molecule has 1 aromatic rings. The minimum Gasteiger partial charge on any atom is -0.377 e. The van der Waals surface area contributed by atoms with Crippen LogP contribution in [0.15, 0.2) is 12.3 Å². The molecule has 0 atom stereocenters. The molecule has 0 aliphatic carbocycles. The third-order valence-corrected chi connectivity index (χ3v) is 1.77. The summed E-state index contributed by atoms with van der Waals surface area (Å²) < 4.78 is 7.29. The van der Waals surface area contributed by atoms with Crippen LogP contribution in [-0.4, -0.2) is 22.5 Å². The van der Waals surface area contributed by atoms with Gasteiger partial charge in [0.2, 0.25) is 0 Å². The molecule has 1 rings (SSSR count). The van der Waals surface area contributed by atoms with Crippen molar-refractivity contribution in [3.05, 3.63) is 18.0 Å². The summed E-state index contributed by atoms with van der Waals surface area (Å²) in [6.45, 7) is 6.03. The monoisotopic (exact) mass is 183 g/mol. The van der Waals surface area contributed by atoms with Crippen LogP contribution in [0, 0.1) is 0 Å². The van der Waals surface area contributed by atoms with Gasteiger partial charge in [-0.05, 0) is 19.9 Å². The molecule has 0 fully saturated rings. The quantitative estimate of drug-likeness (QED) is 0.733. The minimum atomic E-state index is 0.275. The van der Waals surface area contributed by atoms with Crippen LogP contribution >= 0.6 is 0 Å². The molecule has 0 aliphatic heterocycles. The molecule has 1 heterocycles. The molecule has 1 aromatic heterocycles. The van der Waals surface area contributed by atoms with E-state index >= 15 is 0 Å². The van der Waals surface area contributed by atoms with E-state index in [0.717, 1.165) is 12.2 Å². The largest absolute Gasteiger partial charge is 0.377 e. The smallest absolute Gasteiger partial charge is 0.0666 e. The van der Waals surface area contributed by atoms with E-state index in [-0.39, 0.29) is 6.10 Å². The van der Waals surface area contributed by atoms with Crippen LogP contribution in [0.5, 0.6) is 0 Å². The molecule has 0 aliphatic rings. The first-order valence-corrected chi connectivity index (χ1v) is 4.56. The first kappa shape index (κ1) is 10.2. The van der Waals surface area contributed by atoms with Gasteiger partial charge in [-0.25, -0.2) is 0 Å². The average molecular weight is 183 g/mol. The topological polar surface area (TPSA) is 53.1 Å². The fraction of sp³-hybridized carbons (Fsp3) is 0.667. The Labute approximate surface area is 78.7 Å². The lowest BCUT2D eigenvalue weighted by Crippen LogP contribution is -2.14. The van der Waals surface area contributed by atoms with Gasteiger partial charge in [-0.1, -0.05) is 0 Å². The zero-order chi connectivity index (χ0) is 9.68. The van der Waals surface area contributed by atoms with E-state index in [1.165, 1.54) is 0 Å². The van der Waals surface area contributed by atoms with Gasteiger partial charge in [0, 0.05) is 12.7 Å². The van der Waals surface area contributed by atoms with Crippen molar-refractivity contribution in [2.75, 3.05) is 6.61 Å². The summed E-state index contributed by atoms with van der Waals surface area (Å²) in [4.78, 5) is 0. The first-order chi connectivity index (χ1) is 6.24. The van der Waals surface area contributed by atoms with E-state index in [1.807, 2.05) is 24.6 Å². The highest BCUT2D eigenvalue weighted by molar-refractivity contribution is 4.99. The van der Waals surface area contributed by atoms with Gasteiger partial charge in [0.15, 0.2) is 0 Å². The minimum absolute atomic E-state index is 0.275. The molecule has 13 heavy (non-hydrogen) atoms. The maximum atomic E-state index is 5.52. The number of rotatable bonds is 5. The Morgan fingerprint density at radius 1 is 1.62 bits per heavy atom. The van der Waals surface area contributed by atoms with Gasteiger partial charge in [0.25, 0.3) is 0 Å². The van der Waals surface area contributed by atoms with Gasteiger partial charge in [0.1, 0.15) is 0 Å². The van der Waals surface area contributed by atoms with Gasteiger partial charge in [-0.15, -0.1) is 0 Å². The highest BCUT2D eigenvalue weighted by Gasteiger charge is 2.00. The summed E-state index contributed by atoms with van der Waals surface area (Å²) in [7, 11) is 0. The molecule has 0 saturated carbocycles. The molecule has 4 heteroatoms. The Morgan fingerprint density at radius 2 is 2.38 bits per heavy atom. The number of nitrogens with zero attached hydrogens (tertiary/aromatic N) is 2. The fourth-order valence-electron chi connectivity index (χ4n) is 1.11. The average Bonchev–Trinajstić information content (AvgIpc) is 2.51. The van der Waals surface area contributed by atoms with Crippen LogP contribution in [0.1, 0.15) is 19.5 Å². The molecule has 4 nitrogen and oxygen atoms in total. The SMILES string of the molecule is CC(C)OCCn1nccc1CN. The summed E-state index contributed by atoms with van der Waals surface area (Å²) >= 11 is 0. The van der Waals surface area contributed by atoms with E-state index in [0.29, 0.717) is 13.2 Å². The van der Waals surface area contributed by atoms with Crippen LogP contribution in [0.2, 0.25) is 0 Å². The second kappa shape index (κ2) is 4.99. The van der Waals surface area contributed by atoms with E-state index in [4.69, 9.17) is 10.5 Å². The van der Waals surface area contributed by atoms with Crippen molar-refractivity contribution >= 4 is 0 Å². The van der Waals surface area contributed by atoms with Gasteiger partial charge < -0.3 is 10.5 Å². The predicted octanol–water partition coefficient (Wildman–Crippen LogP) is 0.767. The van der Waals surface area contributed by atoms with Crippen molar-refractivity contribution in [1.29, 1.82) is 0 Å². The second-order valence-corrected chi connectivity index (χ2v) is 3.17. The van der Waals surface area contributed by atoms with Crippen LogP contribution < -0.4 is 5.73 Å². The molecule has 0 bridgehead atoms. The normalized spacial score (nSPS) is 11.1. The summed E-state index contributed by atoms with van der Waals surface area (Å²) in [6, 6.07) is 1.93. The second-order valence-electron chi connectivity index (χ2n) is 3.17. The maximum absolute atomic E-state index is 5.52. The maximum Gasteiger partial charge on any atom is 0.0666 e. The summed E-state index contributed by atoms with van der Waals surface area (Å²) in [5.41, 5.74) is 6.57. The number of nitrogens with two attached hydrogens (primary N) is 1. The summed E-state index contributed by atoms with van der Waals surface area (Å²) in [5, 5.41) is 4.14. The molecule has 0 spiro atoms. The van der Waals surface area contributed by atoms with Crippen molar-refractivity contribution in [1.82, 2.24) is 9.78 Å². The van der Waals surface area contributed by atoms with E-state index in [1.54, 1.807) is 6.20 Å². The zero-order valence-electron chi connectivity index (χ0n) is 8.23. The number of hydrogen-bond acceptors (Lipinski definition) is 3. The fourth-order valence-corrected chi connectivity index (χ4v) is 1.11. The summed E-state index contributed by atoms with van der Waals surface area (Å²) in [5.74, 6) is 0. The van der Waals surface area contributed by atoms with Crippen molar-refractivity contribution in [2.24, 2.45) is 5.73 Å². The lowest BCUT2D eigenvalue weighted by molar-refractivity contribution is 0.0705. The number of ether oxygens (including phenoxy) is 1. The Hall–Kier alpha value is -0.870. The number of aromatic nitrogens is 2. The van der Waals surface area contributed by atoms with Crippen molar-refractivity contribution < 1.29 is 4.74 Å². The van der Waals surface area contributed by atoms with Crippen LogP contribution in [0.4, 0.5) is 0 Å². The molecule has 74 valence electrons. The van der Waals surface area contributed by atoms with Gasteiger partial charge in [-0.2, -0.15) is 5.10 Å². The van der Waals surface area contributed by atoms with E-state index < -0.39 is 0 Å². The highest BCUT2D eigenvalue weighted by Crippen LogP contribution is 1.97. The van der Waals surface area contributed by atoms with Crippen LogP contribution in [0.25, 0.3) is 0 Å². The Bertz CT molecular complexity index is 245. The molecule has 0 saturated heterocycles. The molecule has 2 N–H and O–H groups in total. The number of hydrogen-bond donors (Lipinski definition) is 1. The predicted molar refractivity (Wildman–Crippen MR) is 51.2 cm³/mol. The molecular formula is C9H17N3O. The molecule has 0 amide bonds.